The first-order valence-corrected chi connectivity index (χ1v) is 6.45. The Bertz CT molecular complexity index is 361. The largest absolute Gasteiger partial charge is 0.479 e. The topological polar surface area (TPSA) is 46.5 Å². The quantitative estimate of drug-likeness (QED) is 0.875. The van der Waals surface area contributed by atoms with Gasteiger partial charge in [-0.25, -0.2) is 4.79 Å². The van der Waals surface area contributed by atoms with Crippen molar-refractivity contribution >= 4 is 21.9 Å². The molecule has 0 spiro atoms. The molecular weight excluding hydrogens is 284 g/mol. The first-order chi connectivity index (χ1) is 8.06. The van der Waals surface area contributed by atoms with Gasteiger partial charge in [0.25, 0.3) is 0 Å². The van der Waals surface area contributed by atoms with Crippen molar-refractivity contribution in [3.8, 4) is 0 Å². The van der Waals surface area contributed by atoms with E-state index in [1.807, 2.05) is 38.1 Å². The Balaban J connectivity index is 2.79. The molecule has 3 nitrogen and oxygen atoms in total. The van der Waals surface area contributed by atoms with E-state index in [1.54, 1.807) is 0 Å². The highest BCUT2D eigenvalue weighted by Crippen LogP contribution is 2.23. The van der Waals surface area contributed by atoms with Crippen LogP contribution in [0.1, 0.15) is 31.7 Å². The number of hydrogen-bond acceptors (Lipinski definition) is 2. The molecule has 0 amide bonds. The molecule has 1 aromatic rings. The molecule has 0 bridgehead atoms. The first kappa shape index (κ1) is 14.2. The Morgan fingerprint density at radius 3 is 2.47 bits per heavy atom. The maximum absolute atomic E-state index is 11.2. The third-order valence-corrected chi connectivity index (χ3v) is 3.12. The molecule has 17 heavy (non-hydrogen) atoms. The number of halogens is 1. The second-order valence-corrected chi connectivity index (χ2v) is 4.89. The van der Waals surface area contributed by atoms with Crippen LogP contribution in [-0.4, -0.2) is 23.8 Å². The van der Waals surface area contributed by atoms with Crippen molar-refractivity contribution in [2.24, 2.45) is 0 Å². The Hall–Kier alpha value is -0.870. The smallest absolute Gasteiger partial charge is 0.333 e. The molecule has 2 atom stereocenters. The van der Waals surface area contributed by atoms with Crippen LogP contribution in [0.15, 0.2) is 28.7 Å². The van der Waals surface area contributed by atoms with Gasteiger partial charge in [-0.1, -0.05) is 41.9 Å². The number of hydrogen-bond donors (Lipinski definition) is 1. The van der Waals surface area contributed by atoms with Gasteiger partial charge in [0.05, 0.1) is 0 Å². The molecule has 94 valence electrons. The van der Waals surface area contributed by atoms with E-state index in [9.17, 15) is 4.79 Å². The molecule has 0 aliphatic rings. The summed E-state index contributed by atoms with van der Waals surface area (Å²) in [5.41, 5.74) is 0.969. The number of benzene rings is 1. The SMILES string of the molecule is CCCOC(C(=O)O)C(C)c1ccc(Br)cc1. The molecule has 0 heterocycles. The number of carboxylic acid groups (broad SMARTS) is 1. The Morgan fingerprint density at radius 1 is 1.41 bits per heavy atom. The lowest BCUT2D eigenvalue weighted by molar-refractivity contribution is -0.151. The number of carboxylic acids is 1. The van der Waals surface area contributed by atoms with Crippen LogP contribution < -0.4 is 0 Å². The number of aliphatic carboxylic acids is 1. The fraction of sp³-hybridized carbons (Fsp3) is 0.462. The molecule has 2 unspecified atom stereocenters. The van der Waals surface area contributed by atoms with Gasteiger partial charge in [0.1, 0.15) is 0 Å². The Labute approximate surface area is 110 Å². The minimum atomic E-state index is -0.908. The van der Waals surface area contributed by atoms with Crippen molar-refractivity contribution in [2.45, 2.75) is 32.3 Å². The van der Waals surface area contributed by atoms with Crippen molar-refractivity contribution < 1.29 is 14.6 Å². The zero-order valence-corrected chi connectivity index (χ0v) is 11.6. The van der Waals surface area contributed by atoms with E-state index in [0.29, 0.717) is 6.61 Å². The van der Waals surface area contributed by atoms with Crippen molar-refractivity contribution in [3.05, 3.63) is 34.3 Å². The van der Waals surface area contributed by atoms with Gasteiger partial charge >= 0.3 is 5.97 Å². The molecule has 1 aromatic carbocycles. The van der Waals surface area contributed by atoms with Gasteiger partial charge in [-0.05, 0) is 24.1 Å². The third kappa shape index (κ3) is 4.13. The van der Waals surface area contributed by atoms with Crippen LogP contribution >= 0.6 is 15.9 Å². The number of rotatable bonds is 6. The molecule has 0 aliphatic heterocycles. The Morgan fingerprint density at radius 2 is 2.00 bits per heavy atom. The van der Waals surface area contributed by atoms with E-state index in [2.05, 4.69) is 15.9 Å². The lowest BCUT2D eigenvalue weighted by Crippen LogP contribution is -2.30. The van der Waals surface area contributed by atoms with Crippen LogP contribution in [-0.2, 0) is 9.53 Å². The van der Waals surface area contributed by atoms with Crippen LogP contribution in [0.4, 0.5) is 0 Å². The van der Waals surface area contributed by atoms with Crippen LogP contribution in [0.3, 0.4) is 0 Å². The summed E-state index contributed by atoms with van der Waals surface area (Å²) >= 11 is 3.35. The highest BCUT2D eigenvalue weighted by Gasteiger charge is 2.26. The monoisotopic (exact) mass is 300 g/mol. The van der Waals surface area contributed by atoms with E-state index in [4.69, 9.17) is 9.84 Å². The normalized spacial score (nSPS) is 14.3. The summed E-state index contributed by atoms with van der Waals surface area (Å²) in [5.74, 6) is -1.07. The summed E-state index contributed by atoms with van der Waals surface area (Å²) in [6.45, 7) is 4.30. The summed E-state index contributed by atoms with van der Waals surface area (Å²) in [7, 11) is 0. The predicted octanol–water partition coefficient (Wildman–Crippen LogP) is 3.43. The molecular formula is C13H17BrO3. The summed E-state index contributed by atoms with van der Waals surface area (Å²) in [6.07, 6.45) is 0.0349. The van der Waals surface area contributed by atoms with E-state index in [1.165, 1.54) is 0 Å². The zero-order chi connectivity index (χ0) is 12.8. The predicted molar refractivity (Wildman–Crippen MR) is 70.2 cm³/mol. The summed E-state index contributed by atoms with van der Waals surface area (Å²) in [5, 5.41) is 9.15. The summed E-state index contributed by atoms with van der Waals surface area (Å²) in [4.78, 5) is 11.2. The van der Waals surface area contributed by atoms with E-state index < -0.39 is 12.1 Å². The van der Waals surface area contributed by atoms with Gasteiger partial charge in [-0.3, -0.25) is 0 Å². The second kappa shape index (κ2) is 6.77. The highest BCUT2D eigenvalue weighted by molar-refractivity contribution is 9.10. The average Bonchev–Trinajstić information content (AvgIpc) is 2.29. The first-order valence-electron chi connectivity index (χ1n) is 5.66. The fourth-order valence-corrected chi connectivity index (χ4v) is 1.88. The third-order valence-electron chi connectivity index (χ3n) is 2.59. The molecule has 0 radical (unpaired) electrons. The minimum absolute atomic E-state index is 0.160. The van der Waals surface area contributed by atoms with Crippen LogP contribution in [0.5, 0.6) is 0 Å². The summed E-state index contributed by atoms with van der Waals surface area (Å²) < 4.78 is 6.37. The molecule has 0 saturated heterocycles. The standard InChI is InChI=1S/C13H17BrO3/c1-3-8-17-12(13(15)16)9(2)10-4-6-11(14)7-5-10/h4-7,9,12H,3,8H2,1-2H3,(H,15,16). The lowest BCUT2D eigenvalue weighted by Gasteiger charge is -2.20. The molecule has 1 N–H and O–H groups in total. The molecule has 0 aliphatic carbocycles. The van der Waals surface area contributed by atoms with Gasteiger partial charge in [0.15, 0.2) is 6.10 Å². The van der Waals surface area contributed by atoms with Gasteiger partial charge in [0.2, 0.25) is 0 Å². The van der Waals surface area contributed by atoms with Crippen molar-refractivity contribution in [1.29, 1.82) is 0 Å². The Kier molecular flexibility index (Phi) is 5.65. The van der Waals surface area contributed by atoms with Gasteiger partial charge in [-0.15, -0.1) is 0 Å². The van der Waals surface area contributed by atoms with Crippen molar-refractivity contribution in [1.82, 2.24) is 0 Å². The van der Waals surface area contributed by atoms with E-state index in [-0.39, 0.29) is 5.92 Å². The molecule has 0 aromatic heterocycles. The summed E-state index contributed by atoms with van der Waals surface area (Å²) in [6, 6.07) is 7.65. The molecule has 1 rings (SSSR count). The maximum atomic E-state index is 11.2. The van der Waals surface area contributed by atoms with Crippen molar-refractivity contribution in [2.75, 3.05) is 6.61 Å². The fourth-order valence-electron chi connectivity index (χ4n) is 1.62. The molecule has 0 saturated carbocycles. The molecule has 0 fully saturated rings. The molecule has 4 heteroatoms. The van der Waals surface area contributed by atoms with Crippen molar-refractivity contribution in [3.63, 3.8) is 0 Å². The lowest BCUT2D eigenvalue weighted by atomic mass is 9.95. The zero-order valence-electron chi connectivity index (χ0n) is 10.0. The van der Waals surface area contributed by atoms with Gasteiger partial charge in [-0.2, -0.15) is 0 Å². The second-order valence-electron chi connectivity index (χ2n) is 3.97. The van der Waals surface area contributed by atoms with E-state index in [0.717, 1.165) is 16.5 Å². The highest BCUT2D eigenvalue weighted by atomic mass is 79.9. The average molecular weight is 301 g/mol. The minimum Gasteiger partial charge on any atom is -0.479 e. The van der Waals surface area contributed by atoms with E-state index >= 15 is 0 Å². The van der Waals surface area contributed by atoms with Crippen LogP contribution in [0.2, 0.25) is 0 Å². The van der Waals surface area contributed by atoms with Crippen LogP contribution in [0, 0.1) is 0 Å². The van der Waals surface area contributed by atoms with Gasteiger partial charge < -0.3 is 9.84 Å². The van der Waals surface area contributed by atoms with Gasteiger partial charge in [0, 0.05) is 17.0 Å². The number of ether oxygens (including phenoxy) is 1. The van der Waals surface area contributed by atoms with Crippen LogP contribution in [0.25, 0.3) is 0 Å². The number of carbonyl (C=O) groups is 1. The maximum Gasteiger partial charge on any atom is 0.333 e.